The van der Waals surface area contributed by atoms with Crippen LogP contribution in [0.4, 0.5) is 0 Å². The van der Waals surface area contributed by atoms with Crippen molar-refractivity contribution in [3.8, 4) is 0 Å². The average Bonchev–Trinajstić information content (AvgIpc) is 2.65. The maximum absolute atomic E-state index is 5.91. The van der Waals surface area contributed by atoms with Gasteiger partial charge in [-0.05, 0) is 56.0 Å². The monoisotopic (exact) mass is 366 g/mol. The van der Waals surface area contributed by atoms with E-state index >= 15 is 0 Å². The quantitative estimate of drug-likeness (QED) is 0.548. The first-order valence-corrected chi connectivity index (χ1v) is 9.49. The summed E-state index contributed by atoms with van der Waals surface area (Å²) in [5.74, 6) is 1.60. The van der Waals surface area contributed by atoms with Crippen LogP contribution in [0, 0.1) is 5.92 Å². The van der Waals surface area contributed by atoms with Gasteiger partial charge in [0.25, 0.3) is 0 Å². The second-order valence-corrected chi connectivity index (χ2v) is 6.97. The first-order valence-electron chi connectivity index (χ1n) is 9.11. The van der Waals surface area contributed by atoms with Gasteiger partial charge in [-0.2, -0.15) is 0 Å². The van der Waals surface area contributed by atoms with Crippen molar-refractivity contribution in [2.24, 2.45) is 10.9 Å². The zero-order chi connectivity index (χ0) is 17.9. The molecule has 1 aliphatic heterocycles. The van der Waals surface area contributed by atoms with Gasteiger partial charge in [-0.3, -0.25) is 4.99 Å². The predicted octanol–water partition coefficient (Wildman–Crippen LogP) is 2.41. The minimum atomic E-state index is 0.716. The molecule has 0 aromatic heterocycles. The van der Waals surface area contributed by atoms with E-state index in [2.05, 4.69) is 32.7 Å². The van der Waals surface area contributed by atoms with E-state index in [1.807, 2.05) is 19.2 Å². The van der Waals surface area contributed by atoms with Crippen LogP contribution in [0.5, 0.6) is 0 Å². The van der Waals surface area contributed by atoms with E-state index < -0.39 is 0 Å². The molecule has 2 rings (SSSR count). The lowest BCUT2D eigenvalue weighted by Gasteiger charge is -2.32. The van der Waals surface area contributed by atoms with Gasteiger partial charge < -0.3 is 20.3 Å². The fraction of sp³-hybridized carbons (Fsp3) is 0.632. The number of ether oxygens (including phenoxy) is 1. The van der Waals surface area contributed by atoms with E-state index in [1.165, 1.54) is 18.4 Å². The molecule has 0 spiro atoms. The lowest BCUT2D eigenvalue weighted by Crippen LogP contribution is -2.43. The molecular weight excluding hydrogens is 336 g/mol. The smallest absolute Gasteiger partial charge is 0.190 e. The van der Waals surface area contributed by atoms with Gasteiger partial charge in [-0.15, -0.1) is 0 Å². The molecule has 1 saturated heterocycles. The number of methoxy groups -OCH3 is 1. The number of guanidine groups is 1. The molecule has 6 heteroatoms. The van der Waals surface area contributed by atoms with Gasteiger partial charge in [0.15, 0.2) is 5.96 Å². The number of aliphatic imine (C=N–C) groups is 1. The third-order valence-corrected chi connectivity index (χ3v) is 4.97. The molecule has 0 amide bonds. The Morgan fingerprint density at radius 1 is 1.24 bits per heavy atom. The molecule has 1 fully saturated rings. The number of rotatable bonds is 8. The highest BCUT2D eigenvalue weighted by Gasteiger charge is 2.18. The minimum absolute atomic E-state index is 0.716. The average molecular weight is 367 g/mol. The van der Waals surface area contributed by atoms with Crippen molar-refractivity contribution in [3.63, 3.8) is 0 Å². The second kappa shape index (κ2) is 11.3. The molecule has 0 bridgehead atoms. The summed E-state index contributed by atoms with van der Waals surface area (Å²) in [6.45, 7) is 6.05. The third-order valence-electron chi connectivity index (χ3n) is 4.72. The topological polar surface area (TPSA) is 48.9 Å². The number of nitrogens with one attached hydrogen (secondary N) is 2. The number of hydrogen-bond acceptors (Lipinski definition) is 3. The van der Waals surface area contributed by atoms with E-state index in [-0.39, 0.29) is 0 Å². The van der Waals surface area contributed by atoms with Gasteiger partial charge in [0.05, 0.1) is 6.61 Å². The minimum Gasteiger partial charge on any atom is -0.383 e. The molecule has 25 heavy (non-hydrogen) atoms. The first-order chi connectivity index (χ1) is 12.2. The first kappa shape index (κ1) is 20.0. The van der Waals surface area contributed by atoms with Crippen molar-refractivity contribution in [2.75, 3.05) is 53.5 Å². The van der Waals surface area contributed by atoms with E-state index in [0.29, 0.717) is 5.92 Å². The Balaban J connectivity index is 1.61. The summed E-state index contributed by atoms with van der Waals surface area (Å²) in [6.07, 6.45) is 3.42. The second-order valence-electron chi connectivity index (χ2n) is 6.53. The Bertz CT molecular complexity index is 513. The van der Waals surface area contributed by atoms with Crippen LogP contribution in [0.1, 0.15) is 18.4 Å². The number of hydrogen-bond donors (Lipinski definition) is 2. The number of piperidine rings is 1. The molecule has 2 N–H and O–H groups in total. The van der Waals surface area contributed by atoms with Crippen LogP contribution < -0.4 is 10.6 Å². The van der Waals surface area contributed by atoms with Crippen LogP contribution in [0.25, 0.3) is 0 Å². The standard InChI is InChI=1S/C19H31ClN4O/c1-21-19(22-10-7-16-3-5-18(20)6-4-16)23-15-17-8-11-24(12-9-17)13-14-25-2/h3-6,17H,7-15H2,1-2H3,(H2,21,22,23). The molecule has 0 unspecified atom stereocenters. The summed E-state index contributed by atoms with van der Waals surface area (Å²) in [7, 11) is 3.59. The van der Waals surface area contributed by atoms with Crippen LogP contribution in [0.3, 0.4) is 0 Å². The van der Waals surface area contributed by atoms with Gasteiger partial charge in [-0.25, -0.2) is 0 Å². The van der Waals surface area contributed by atoms with Crippen molar-refractivity contribution in [2.45, 2.75) is 19.3 Å². The van der Waals surface area contributed by atoms with Crippen molar-refractivity contribution < 1.29 is 4.74 Å². The van der Waals surface area contributed by atoms with E-state index in [9.17, 15) is 0 Å². The largest absolute Gasteiger partial charge is 0.383 e. The Morgan fingerprint density at radius 2 is 1.96 bits per heavy atom. The molecule has 1 aromatic carbocycles. The van der Waals surface area contributed by atoms with Crippen molar-refractivity contribution in [3.05, 3.63) is 34.9 Å². The highest BCUT2D eigenvalue weighted by molar-refractivity contribution is 6.30. The maximum atomic E-state index is 5.91. The molecule has 0 radical (unpaired) electrons. The number of halogens is 1. The number of nitrogens with zero attached hydrogens (tertiary/aromatic N) is 2. The highest BCUT2D eigenvalue weighted by Crippen LogP contribution is 2.16. The molecule has 5 nitrogen and oxygen atoms in total. The summed E-state index contributed by atoms with van der Waals surface area (Å²) < 4.78 is 5.16. The number of benzene rings is 1. The van der Waals surface area contributed by atoms with Gasteiger partial charge in [-0.1, -0.05) is 23.7 Å². The summed E-state index contributed by atoms with van der Waals surface area (Å²) in [5, 5.41) is 7.63. The van der Waals surface area contributed by atoms with E-state index in [4.69, 9.17) is 16.3 Å². The van der Waals surface area contributed by atoms with Crippen LogP contribution >= 0.6 is 11.6 Å². The maximum Gasteiger partial charge on any atom is 0.190 e. The van der Waals surface area contributed by atoms with Gasteiger partial charge in [0.2, 0.25) is 0 Å². The fourth-order valence-electron chi connectivity index (χ4n) is 3.07. The summed E-state index contributed by atoms with van der Waals surface area (Å²) >= 11 is 5.91. The SMILES string of the molecule is CN=C(NCCc1ccc(Cl)cc1)NCC1CCN(CCOC)CC1. The van der Waals surface area contributed by atoms with Gasteiger partial charge >= 0.3 is 0 Å². The molecule has 1 heterocycles. The molecule has 0 atom stereocenters. The number of likely N-dealkylation sites (tertiary alicyclic amines) is 1. The fourth-order valence-corrected chi connectivity index (χ4v) is 3.20. The Labute approximate surface area is 156 Å². The summed E-state index contributed by atoms with van der Waals surface area (Å²) in [6, 6.07) is 8.00. The van der Waals surface area contributed by atoms with Crippen molar-refractivity contribution in [1.82, 2.24) is 15.5 Å². The van der Waals surface area contributed by atoms with E-state index in [1.54, 1.807) is 7.11 Å². The lowest BCUT2D eigenvalue weighted by molar-refractivity contribution is 0.121. The molecule has 1 aromatic rings. The van der Waals surface area contributed by atoms with Crippen LogP contribution in [-0.4, -0.2) is 64.3 Å². The van der Waals surface area contributed by atoms with Crippen molar-refractivity contribution in [1.29, 1.82) is 0 Å². The molecule has 0 aliphatic carbocycles. The third kappa shape index (κ3) is 7.63. The zero-order valence-corrected chi connectivity index (χ0v) is 16.2. The lowest BCUT2D eigenvalue weighted by atomic mass is 9.97. The Kier molecular flexibility index (Phi) is 9.08. The molecule has 0 saturated carbocycles. The molecular formula is C19H31ClN4O. The molecule has 140 valence electrons. The highest BCUT2D eigenvalue weighted by atomic mass is 35.5. The predicted molar refractivity (Wildman–Crippen MR) is 106 cm³/mol. The Morgan fingerprint density at radius 3 is 2.60 bits per heavy atom. The van der Waals surface area contributed by atoms with Gasteiger partial charge in [0, 0.05) is 38.8 Å². The van der Waals surface area contributed by atoms with Crippen LogP contribution in [0.2, 0.25) is 5.02 Å². The Hall–Kier alpha value is -1.30. The molecule has 1 aliphatic rings. The normalized spacial score (nSPS) is 16.8. The van der Waals surface area contributed by atoms with E-state index in [0.717, 1.165) is 56.7 Å². The van der Waals surface area contributed by atoms with Gasteiger partial charge in [0.1, 0.15) is 0 Å². The van der Waals surface area contributed by atoms with Crippen molar-refractivity contribution >= 4 is 17.6 Å². The van der Waals surface area contributed by atoms with Crippen LogP contribution in [-0.2, 0) is 11.2 Å². The van der Waals surface area contributed by atoms with Crippen LogP contribution in [0.15, 0.2) is 29.3 Å². The zero-order valence-electron chi connectivity index (χ0n) is 15.4. The summed E-state index contributed by atoms with van der Waals surface area (Å²) in [4.78, 5) is 6.80. The summed E-state index contributed by atoms with van der Waals surface area (Å²) in [5.41, 5.74) is 1.27.